The molecule has 0 amide bonds. The number of thioether (sulfide) groups is 1. The van der Waals surface area contributed by atoms with Crippen LogP contribution in [0.15, 0.2) is 24.4 Å². The molecule has 0 aliphatic rings. The maximum absolute atomic E-state index is 10.6. The van der Waals surface area contributed by atoms with Gasteiger partial charge in [-0.1, -0.05) is 17.8 Å². The Morgan fingerprint density at radius 1 is 1.64 bits per heavy atom. The molecule has 0 unspecified atom stereocenters. The van der Waals surface area contributed by atoms with Gasteiger partial charge in [0.05, 0.1) is 11.9 Å². The van der Waals surface area contributed by atoms with Crippen LogP contribution in [-0.2, 0) is 4.79 Å². The van der Waals surface area contributed by atoms with Crippen molar-refractivity contribution in [2.24, 2.45) is 0 Å². The second-order valence-electron chi connectivity index (χ2n) is 2.65. The summed E-state index contributed by atoms with van der Waals surface area (Å²) in [5, 5.41) is 9.07. The van der Waals surface area contributed by atoms with E-state index in [9.17, 15) is 4.79 Å². The SMILES string of the molecule is CC(=O)SCC=Cc1ccc(O)cn1. The zero-order valence-corrected chi connectivity index (χ0v) is 8.62. The summed E-state index contributed by atoms with van der Waals surface area (Å²) in [5.41, 5.74) is 0.770. The first-order valence-electron chi connectivity index (χ1n) is 4.13. The molecule has 1 rings (SSSR count). The molecule has 0 atom stereocenters. The second kappa shape index (κ2) is 5.44. The summed E-state index contributed by atoms with van der Waals surface area (Å²) < 4.78 is 0. The number of carbonyl (C=O) groups is 1. The van der Waals surface area contributed by atoms with Crippen LogP contribution in [0.4, 0.5) is 0 Å². The van der Waals surface area contributed by atoms with Crippen LogP contribution in [0.25, 0.3) is 6.08 Å². The number of nitrogens with zero attached hydrogens (tertiary/aromatic N) is 1. The lowest BCUT2D eigenvalue weighted by Crippen LogP contribution is -1.82. The van der Waals surface area contributed by atoms with E-state index in [4.69, 9.17) is 5.11 Å². The number of pyridine rings is 1. The van der Waals surface area contributed by atoms with E-state index < -0.39 is 0 Å². The molecule has 1 heterocycles. The summed E-state index contributed by atoms with van der Waals surface area (Å²) in [5.74, 6) is 0.804. The zero-order chi connectivity index (χ0) is 10.4. The first-order chi connectivity index (χ1) is 6.68. The van der Waals surface area contributed by atoms with Gasteiger partial charge in [-0.05, 0) is 18.2 Å². The summed E-state index contributed by atoms with van der Waals surface area (Å²) in [6, 6.07) is 3.29. The van der Waals surface area contributed by atoms with E-state index in [1.807, 2.05) is 12.2 Å². The van der Waals surface area contributed by atoms with Gasteiger partial charge >= 0.3 is 0 Å². The number of aromatic nitrogens is 1. The lowest BCUT2D eigenvalue weighted by molar-refractivity contribution is -0.109. The van der Waals surface area contributed by atoms with Crippen molar-refractivity contribution in [1.29, 1.82) is 0 Å². The molecule has 1 N–H and O–H groups in total. The summed E-state index contributed by atoms with van der Waals surface area (Å²) in [4.78, 5) is 14.5. The van der Waals surface area contributed by atoms with Gasteiger partial charge in [-0.15, -0.1) is 0 Å². The van der Waals surface area contributed by atoms with Gasteiger partial charge in [0, 0.05) is 12.7 Å². The molecule has 0 bridgehead atoms. The molecule has 0 saturated carbocycles. The fourth-order valence-electron chi connectivity index (χ4n) is 0.830. The van der Waals surface area contributed by atoms with Crippen molar-refractivity contribution < 1.29 is 9.90 Å². The highest BCUT2D eigenvalue weighted by Crippen LogP contribution is 2.08. The topological polar surface area (TPSA) is 50.2 Å². The molecule has 0 fully saturated rings. The maximum atomic E-state index is 10.6. The van der Waals surface area contributed by atoms with Crippen LogP contribution in [0, 0.1) is 0 Å². The molecule has 14 heavy (non-hydrogen) atoms. The van der Waals surface area contributed by atoms with Gasteiger partial charge < -0.3 is 5.11 Å². The van der Waals surface area contributed by atoms with Crippen LogP contribution in [0.2, 0.25) is 0 Å². The smallest absolute Gasteiger partial charge is 0.186 e. The van der Waals surface area contributed by atoms with Gasteiger partial charge in [0.15, 0.2) is 5.12 Å². The molecule has 74 valence electrons. The highest BCUT2D eigenvalue weighted by atomic mass is 32.2. The third kappa shape index (κ3) is 4.09. The molecule has 1 aromatic heterocycles. The van der Waals surface area contributed by atoms with E-state index in [2.05, 4.69) is 4.98 Å². The van der Waals surface area contributed by atoms with Crippen molar-refractivity contribution in [3.05, 3.63) is 30.1 Å². The number of aromatic hydroxyl groups is 1. The predicted octanol–water partition coefficient (Wildman–Crippen LogP) is 2.08. The third-order valence-electron chi connectivity index (χ3n) is 1.44. The Kier molecular flexibility index (Phi) is 4.19. The van der Waals surface area contributed by atoms with Crippen LogP contribution in [-0.4, -0.2) is 21.0 Å². The van der Waals surface area contributed by atoms with E-state index in [1.54, 1.807) is 12.1 Å². The van der Waals surface area contributed by atoms with Crippen molar-refractivity contribution in [2.75, 3.05) is 5.75 Å². The summed E-state index contributed by atoms with van der Waals surface area (Å²) in [6.07, 6.45) is 5.07. The Hall–Kier alpha value is -1.29. The molecule has 0 spiro atoms. The third-order valence-corrected chi connectivity index (χ3v) is 2.21. The molecule has 1 aromatic rings. The fourth-order valence-corrected chi connectivity index (χ4v) is 1.26. The van der Waals surface area contributed by atoms with Gasteiger partial charge in [0.1, 0.15) is 5.75 Å². The van der Waals surface area contributed by atoms with Crippen LogP contribution in [0.3, 0.4) is 0 Å². The molecule has 0 radical (unpaired) electrons. The van der Waals surface area contributed by atoms with E-state index in [0.717, 1.165) is 5.69 Å². The molecule has 0 aliphatic heterocycles. The maximum Gasteiger partial charge on any atom is 0.186 e. The molecule has 0 saturated heterocycles. The minimum atomic E-state index is 0.105. The van der Waals surface area contributed by atoms with Gasteiger partial charge in [-0.3, -0.25) is 9.78 Å². The Balaban J connectivity index is 2.44. The monoisotopic (exact) mass is 209 g/mol. The number of hydrogen-bond acceptors (Lipinski definition) is 4. The van der Waals surface area contributed by atoms with E-state index in [1.165, 1.54) is 24.9 Å². The van der Waals surface area contributed by atoms with Crippen LogP contribution in [0.1, 0.15) is 12.6 Å². The Morgan fingerprint density at radius 2 is 2.43 bits per heavy atom. The van der Waals surface area contributed by atoms with Gasteiger partial charge in [-0.25, -0.2) is 0 Å². The van der Waals surface area contributed by atoms with Crippen molar-refractivity contribution in [2.45, 2.75) is 6.92 Å². The van der Waals surface area contributed by atoms with Crippen LogP contribution >= 0.6 is 11.8 Å². The Morgan fingerprint density at radius 3 is 3.00 bits per heavy atom. The number of rotatable bonds is 3. The first kappa shape index (κ1) is 10.8. The fraction of sp³-hybridized carbons (Fsp3) is 0.200. The first-order valence-corrected chi connectivity index (χ1v) is 5.12. The summed E-state index contributed by atoms with van der Waals surface area (Å²) in [7, 11) is 0. The van der Waals surface area contributed by atoms with Crippen molar-refractivity contribution in [1.82, 2.24) is 4.98 Å². The summed E-state index contributed by atoms with van der Waals surface area (Å²) in [6.45, 7) is 1.54. The van der Waals surface area contributed by atoms with Crippen LogP contribution < -0.4 is 0 Å². The largest absolute Gasteiger partial charge is 0.506 e. The minimum absolute atomic E-state index is 0.105. The molecular weight excluding hydrogens is 198 g/mol. The number of carbonyl (C=O) groups excluding carboxylic acids is 1. The van der Waals surface area contributed by atoms with Gasteiger partial charge in [-0.2, -0.15) is 0 Å². The van der Waals surface area contributed by atoms with E-state index in [-0.39, 0.29) is 10.9 Å². The normalized spacial score (nSPS) is 10.6. The molecule has 0 aromatic carbocycles. The van der Waals surface area contributed by atoms with Crippen molar-refractivity contribution in [3.63, 3.8) is 0 Å². The minimum Gasteiger partial charge on any atom is -0.506 e. The van der Waals surface area contributed by atoms with Crippen LogP contribution in [0.5, 0.6) is 5.75 Å². The van der Waals surface area contributed by atoms with E-state index >= 15 is 0 Å². The summed E-state index contributed by atoms with van der Waals surface area (Å²) >= 11 is 1.25. The van der Waals surface area contributed by atoms with Gasteiger partial charge in [0.2, 0.25) is 0 Å². The highest BCUT2D eigenvalue weighted by Gasteiger charge is 1.91. The van der Waals surface area contributed by atoms with E-state index in [0.29, 0.717) is 5.75 Å². The molecule has 3 nitrogen and oxygen atoms in total. The molecule has 0 aliphatic carbocycles. The average Bonchev–Trinajstić information content (AvgIpc) is 2.15. The standard InChI is InChI=1S/C10H11NO2S/c1-8(12)14-6-2-3-9-4-5-10(13)7-11-9/h2-5,7,13H,6H2,1H3. The highest BCUT2D eigenvalue weighted by molar-refractivity contribution is 8.13. The molecule has 4 heteroatoms. The van der Waals surface area contributed by atoms with Crippen molar-refractivity contribution in [3.8, 4) is 5.75 Å². The van der Waals surface area contributed by atoms with Crippen molar-refractivity contribution >= 4 is 23.0 Å². The second-order valence-corrected chi connectivity index (χ2v) is 3.84. The average molecular weight is 209 g/mol. The van der Waals surface area contributed by atoms with Gasteiger partial charge in [0.25, 0.3) is 0 Å². The Bertz CT molecular complexity index is 332. The number of hydrogen-bond donors (Lipinski definition) is 1. The molecular formula is C10H11NO2S. The quantitative estimate of drug-likeness (QED) is 0.828. The lowest BCUT2D eigenvalue weighted by Gasteiger charge is -1.93. The lowest BCUT2D eigenvalue weighted by atomic mass is 10.3. The predicted molar refractivity (Wildman–Crippen MR) is 58.1 cm³/mol. The zero-order valence-electron chi connectivity index (χ0n) is 7.80. The Labute approximate surface area is 86.9 Å².